The molecule has 1 aliphatic heterocycles. The van der Waals surface area contributed by atoms with Crippen molar-refractivity contribution in [3.05, 3.63) is 40.6 Å². The van der Waals surface area contributed by atoms with E-state index in [4.69, 9.17) is 27.9 Å². The fourth-order valence-electron chi connectivity index (χ4n) is 3.32. The number of aromatic nitrogens is 2. The van der Waals surface area contributed by atoms with Gasteiger partial charge in [-0.1, -0.05) is 23.2 Å². The number of halogens is 2. The Hall–Kier alpha value is -2.25. The summed E-state index contributed by atoms with van der Waals surface area (Å²) in [5.41, 5.74) is 0.692. The first-order chi connectivity index (χ1) is 13.9. The van der Waals surface area contributed by atoms with Crippen LogP contribution in [-0.2, 0) is 16.1 Å². The van der Waals surface area contributed by atoms with Crippen LogP contribution in [0.1, 0.15) is 26.7 Å². The van der Waals surface area contributed by atoms with E-state index in [-0.39, 0.29) is 17.7 Å². The van der Waals surface area contributed by atoms with Gasteiger partial charge in [0, 0.05) is 41.8 Å². The monoisotopic (exact) mass is 438 g/mol. The fraction of sp³-hybridized carbons (Fsp3) is 0.450. The van der Waals surface area contributed by atoms with Crippen molar-refractivity contribution >= 4 is 40.7 Å². The summed E-state index contributed by atoms with van der Waals surface area (Å²) >= 11 is 11.9. The van der Waals surface area contributed by atoms with Crippen LogP contribution in [0, 0.1) is 5.92 Å². The SMILES string of the molecule is CCn1cc(NC(=O)C2CCN(C(=O)C(C)Oc3cc(Cl)cc(Cl)c3)CC2)cn1. The van der Waals surface area contributed by atoms with E-state index in [0.717, 1.165) is 6.54 Å². The number of carbonyl (C=O) groups is 2. The molecule has 1 aliphatic rings. The predicted molar refractivity (Wildman–Crippen MR) is 112 cm³/mol. The molecule has 9 heteroatoms. The lowest BCUT2D eigenvalue weighted by Gasteiger charge is -2.33. The summed E-state index contributed by atoms with van der Waals surface area (Å²) in [4.78, 5) is 26.9. The van der Waals surface area contributed by atoms with Gasteiger partial charge in [0.05, 0.1) is 11.9 Å². The summed E-state index contributed by atoms with van der Waals surface area (Å²) in [5.74, 6) is 0.159. The molecule has 1 atom stereocenters. The molecular formula is C20H24Cl2N4O3. The van der Waals surface area contributed by atoms with E-state index in [1.165, 1.54) is 0 Å². The van der Waals surface area contributed by atoms with Crippen LogP contribution in [-0.4, -0.2) is 45.7 Å². The summed E-state index contributed by atoms with van der Waals surface area (Å²) in [7, 11) is 0. The van der Waals surface area contributed by atoms with Gasteiger partial charge in [0.2, 0.25) is 5.91 Å². The lowest BCUT2D eigenvalue weighted by atomic mass is 9.95. The Morgan fingerprint density at radius 2 is 1.90 bits per heavy atom. The highest BCUT2D eigenvalue weighted by Gasteiger charge is 2.30. The molecule has 2 heterocycles. The number of hydrogen-bond acceptors (Lipinski definition) is 4. The number of ether oxygens (including phenoxy) is 1. The quantitative estimate of drug-likeness (QED) is 0.742. The zero-order chi connectivity index (χ0) is 21.0. The molecule has 0 spiro atoms. The molecule has 0 aliphatic carbocycles. The maximum Gasteiger partial charge on any atom is 0.263 e. The van der Waals surface area contributed by atoms with Crippen LogP contribution in [0.2, 0.25) is 10.0 Å². The van der Waals surface area contributed by atoms with Crippen LogP contribution >= 0.6 is 23.2 Å². The minimum atomic E-state index is -0.671. The molecule has 0 bridgehead atoms. The van der Waals surface area contributed by atoms with Crippen LogP contribution in [0.25, 0.3) is 0 Å². The minimum Gasteiger partial charge on any atom is -0.481 e. The smallest absolute Gasteiger partial charge is 0.263 e. The highest BCUT2D eigenvalue weighted by Crippen LogP contribution is 2.26. The lowest BCUT2D eigenvalue weighted by molar-refractivity contribution is -0.140. The summed E-state index contributed by atoms with van der Waals surface area (Å²) in [6.07, 6.45) is 3.98. The van der Waals surface area contributed by atoms with Crippen LogP contribution in [0.5, 0.6) is 5.75 Å². The topological polar surface area (TPSA) is 76.5 Å². The third kappa shape index (κ3) is 5.64. The van der Waals surface area contributed by atoms with Gasteiger partial charge in [0.15, 0.2) is 6.10 Å². The zero-order valence-electron chi connectivity index (χ0n) is 16.4. The average molecular weight is 439 g/mol. The molecule has 1 unspecified atom stereocenters. The average Bonchev–Trinajstić information content (AvgIpc) is 3.14. The molecule has 3 rings (SSSR count). The first-order valence-electron chi connectivity index (χ1n) is 9.60. The Morgan fingerprint density at radius 1 is 1.24 bits per heavy atom. The number of amides is 2. The Labute approximate surface area is 179 Å². The predicted octanol–water partition coefficient (Wildman–Crippen LogP) is 3.85. The van der Waals surface area contributed by atoms with Crippen molar-refractivity contribution in [1.29, 1.82) is 0 Å². The normalized spacial score (nSPS) is 15.8. The van der Waals surface area contributed by atoms with E-state index < -0.39 is 6.10 Å². The number of likely N-dealkylation sites (tertiary alicyclic amines) is 1. The maximum absolute atomic E-state index is 12.7. The molecule has 1 aromatic heterocycles. The van der Waals surface area contributed by atoms with E-state index in [1.807, 2.05) is 6.92 Å². The van der Waals surface area contributed by atoms with Gasteiger partial charge >= 0.3 is 0 Å². The van der Waals surface area contributed by atoms with Crippen molar-refractivity contribution in [1.82, 2.24) is 14.7 Å². The standard InChI is InChI=1S/C20H24Cl2N4O3/c1-3-26-12-17(11-23-26)24-19(27)14-4-6-25(7-5-14)20(28)13(2)29-18-9-15(21)8-16(22)10-18/h8-14H,3-7H2,1-2H3,(H,24,27). The Morgan fingerprint density at radius 3 is 2.48 bits per heavy atom. The highest BCUT2D eigenvalue weighted by atomic mass is 35.5. The van der Waals surface area contributed by atoms with Gasteiger partial charge in [-0.05, 0) is 44.9 Å². The summed E-state index contributed by atoms with van der Waals surface area (Å²) < 4.78 is 7.46. The van der Waals surface area contributed by atoms with E-state index in [9.17, 15) is 9.59 Å². The Bertz CT molecular complexity index is 858. The van der Waals surface area contributed by atoms with Crippen molar-refractivity contribution in [3.63, 3.8) is 0 Å². The molecular weight excluding hydrogens is 415 g/mol. The molecule has 1 saturated heterocycles. The molecule has 156 valence electrons. The molecule has 0 saturated carbocycles. The number of anilines is 1. The number of carbonyl (C=O) groups excluding carboxylic acids is 2. The van der Waals surface area contributed by atoms with Crippen LogP contribution in [0.15, 0.2) is 30.6 Å². The number of aryl methyl sites for hydroxylation is 1. The van der Waals surface area contributed by atoms with Crippen molar-refractivity contribution in [2.24, 2.45) is 5.92 Å². The van der Waals surface area contributed by atoms with E-state index in [2.05, 4.69) is 10.4 Å². The molecule has 0 radical (unpaired) electrons. The van der Waals surface area contributed by atoms with Gasteiger partial charge in [-0.15, -0.1) is 0 Å². The third-order valence-electron chi connectivity index (χ3n) is 4.90. The first-order valence-corrected chi connectivity index (χ1v) is 10.4. The third-order valence-corrected chi connectivity index (χ3v) is 5.34. The molecule has 7 nitrogen and oxygen atoms in total. The largest absolute Gasteiger partial charge is 0.481 e. The molecule has 1 fully saturated rings. The molecule has 2 amide bonds. The van der Waals surface area contributed by atoms with Crippen molar-refractivity contribution in [2.75, 3.05) is 18.4 Å². The summed E-state index contributed by atoms with van der Waals surface area (Å²) in [6.45, 7) is 5.45. The summed E-state index contributed by atoms with van der Waals surface area (Å²) in [5, 5.41) is 7.95. The second kappa shape index (κ2) is 9.50. The minimum absolute atomic E-state index is 0.0365. The van der Waals surface area contributed by atoms with E-state index in [1.54, 1.807) is 47.1 Å². The van der Waals surface area contributed by atoms with E-state index >= 15 is 0 Å². The molecule has 29 heavy (non-hydrogen) atoms. The highest BCUT2D eigenvalue weighted by molar-refractivity contribution is 6.34. The van der Waals surface area contributed by atoms with Crippen molar-refractivity contribution in [2.45, 2.75) is 39.3 Å². The van der Waals surface area contributed by atoms with Gasteiger partial charge in [-0.2, -0.15) is 5.10 Å². The maximum atomic E-state index is 12.7. The molecule has 1 N–H and O–H groups in total. The van der Waals surface area contributed by atoms with E-state index in [0.29, 0.717) is 47.4 Å². The van der Waals surface area contributed by atoms with Gasteiger partial charge in [-0.25, -0.2) is 0 Å². The number of piperidine rings is 1. The van der Waals surface area contributed by atoms with Gasteiger partial charge in [0.1, 0.15) is 5.75 Å². The second-order valence-corrected chi connectivity index (χ2v) is 7.91. The molecule has 2 aromatic rings. The van der Waals surface area contributed by atoms with Crippen LogP contribution < -0.4 is 10.1 Å². The van der Waals surface area contributed by atoms with Crippen LogP contribution in [0.4, 0.5) is 5.69 Å². The second-order valence-electron chi connectivity index (χ2n) is 7.04. The van der Waals surface area contributed by atoms with Crippen molar-refractivity contribution in [3.8, 4) is 5.75 Å². The summed E-state index contributed by atoms with van der Waals surface area (Å²) in [6, 6.07) is 4.84. The zero-order valence-corrected chi connectivity index (χ0v) is 17.9. The Kier molecular flexibility index (Phi) is 7.03. The Balaban J connectivity index is 1.50. The van der Waals surface area contributed by atoms with Gasteiger partial charge in [-0.3, -0.25) is 14.3 Å². The van der Waals surface area contributed by atoms with Crippen LogP contribution in [0.3, 0.4) is 0 Å². The number of nitrogens with one attached hydrogen (secondary N) is 1. The van der Waals surface area contributed by atoms with Gasteiger partial charge in [0.25, 0.3) is 5.91 Å². The molecule has 1 aromatic carbocycles. The number of hydrogen-bond donors (Lipinski definition) is 1. The van der Waals surface area contributed by atoms with Gasteiger partial charge < -0.3 is 15.0 Å². The number of nitrogens with zero attached hydrogens (tertiary/aromatic N) is 3. The first kappa shape index (κ1) is 21.5. The number of benzene rings is 1. The number of rotatable bonds is 6. The van der Waals surface area contributed by atoms with Crippen molar-refractivity contribution < 1.29 is 14.3 Å². The lowest BCUT2D eigenvalue weighted by Crippen LogP contribution is -2.46. The fourth-order valence-corrected chi connectivity index (χ4v) is 3.82.